The molecule has 1 heterocycles. The first-order chi connectivity index (χ1) is 7.71. The lowest BCUT2D eigenvalue weighted by Gasteiger charge is -2.14. The SMILES string of the molecule is CC(C(=O)Nc1nc(C(C)(C)C)cs1)C(N)=S. The third kappa shape index (κ3) is 3.74. The molecular weight excluding hydrogens is 254 g/mol. The smallest absolute Gasteiger partial charge is 0.235 e. The fourth-order valence-corrected chi connectivity index (χ4v) is 2.07. The zero-order chi connectivity index (χ0) is 13.2. The number of nitrogens with two attached hydrogens (primary N) is 1. The predicted octanol–water partition coefficient (Wildman–Crippen LogP) is 2.30. The quantitative estimate of drug-likeness (QED) is 0.828. The molecule has 0 radical (unpaired) electrons. The van der Waals surface area contributed by atoms with Gasteiger partial charge >= 0.3 is 0 Å². The van der Waals surface area contributed by atoms with Gasteiger partial charge in [-0.05, 0) is 6.92 Å². The van der Waals surface area contributed by atoms with Crippen LogP contribution in [0.2, 0.25) is 0 Å². The summed E-state index contributed by atoms with van der Waals surface area (Å²) >= 11 is 6.18. The number of hydrogen-bond acceptors (Lipinski definition) is 4. The predicted molar refractivity (Wildman–Crippen MR) is 75.4 cm³/mol. The number of thiazole rings is 1. The summed E-state index contributed by atoms with van der Waals surface area (Å²) in [6.07, 6.45) is 0. The molecule has 0 saturated heterocycles. The van der Waals surface area contributed by atoms with Crippen LogP contribution in [0.4, 0.5) is 5.13 Å². The van der Waals surface area contributed by atoms with E-state index in [2.05, 4.69) is 31.1 Å². The van der Waals surface area contributed by atoms with Crippen LogP contribution < -0.4 is 11.1 Å². The molecule has 6 heteroatoms. The van der Waals surface area contributed by atoms with Gasteiger partial charge in [-0.3, -0.25) is 4.79 Å². The topological polar surface area (TPSA) is 68.0 Å². The number of nitrogens with zero attached hydrogens (tertiary/aromatic N) is 1. The van der Waals surface area contributed by atoms with Gasteiger partial charge in [0.2, 0.25) is 5.91 Å². The summed E-state index contributed by atoms with van der Waals surface area (Å²) in [5.41, 5.74) is 6.36. The third-order valence-electron chi connectivity index (χ3n) is 2.32. The Hall–Kier alpha value is -1.01. The van der Waals surface area contributed by atoms with Crippen molar-refractivity contribution in [2.24, 2.45) is 11.7 Å². The summed E-state index contributed by atoms with van der Waals surface area (Å²) in [5, 5.41) is 5.25. The number of amides is 1. The second-order valence-electron chi connectivity index (χ2n) is 4.90. The number of rotatable bonds is 3. The second kappa shape index (κ2) is 5.10. The van der Waals surface area contributed by atoms with Crippen LogP contribution in [0.5, 0.6) is 0 Å². The zero-order valence-electron chi connectivity index (χ0n) is 10.4. The van der Waals surface area contributed by atoms with E-state index in [0.29, 0.717) is 5.13 Å². The van der Waals surface area contributed by atoms with Crippen LogP contribution in [0.3, 0.4) is 0 Å². The van der Waals surface area contributed by atoms with Crippen molar-refractivity contribution in [1.29, 1.82) is 0 Å². The van der Waals surface area contributed by atoms with Crippen molar-refractivity contribution < 1.29 is 4.79 Å². The van der Waals surface area contributed by atoms with Crippen LogP contribution in [0.25, 0.3) is 0 Å². The minimum Gasteiger partial charge on any atom is -0.393 e. The van der Waals surface area contributed by atoms with Crippen molar-refractivity contribution in [3.63, 3.8) is 0 Å². The average Bonchev–Trinajstić information content (AvgIpc) is 2.64. The first kappa shape index (κ1) is 14.1. The Morgan fingerprint density at radius 3 is 2.59 bits per heavy atom. The van der Waals surface area contributed by atoms with Gasteiger partial charge in [-0.25, -0.2) is 4.98 Å². The van der Waals surface area contributed by atoms with E-state index in [0.717, 1.165) is 5.69 Å². The maximum Gasteiger partial charge on any atom is 0.235 e. The van der Waals surface area contributed by atoms with E-state index in [1.165, 1.54) is 11.3 Å². The van der Waals surface area contributed by atoms with Crippen LogP contribution in [0.1, 0.15) is 33.4 Å². The molecule has 0 saturated carbocycles. The van der Waals surface area contributed by atoms with Gasteiger partial charge in [-0.1, -0.05) is 33.0 Å². The lowest BCUT2D eigenvalue weighted by atomic mass is 9.93. The summed E-state index contributed by atoms with van der Waals surface area (Å²) in [7, 11) is 0. The van der Waals surface area contributed by atoms with Crippen molar-refractivity contribution in [3.05, 3.63) is 11.1 Å². The van der Waals surface area contributed by atoms with Crippen molar-refractivity contribution in [2.45, 2.75) is 33.1 Å². The molecule has 1 unspecified atom stereocenters. The molecule has 1 atom stereocenters. The number of hydrogen-bond donors (Lipinski definition) is 2. The summed E-state index contributed by atoms with van der Waals surface area (Å²) in [6, 6.07) is 0. The average molecular weight is 271 g/mol. The summed E-state index contributed by atoms with van der Waals surface area (Å²) < 4.78 is 0. The van der Waals surface area contributed by atoms with Gasteiger partial charge in [-0.2, -0.15) is 0 Å². The van der Waals surface area contributed by atoms with E-state index in [4.69, 9.17) is 18.0 Å². The Bertz CT molecular complexity index is 434. The standard InChI is InChI=1S/C11H17N3OS2/c1-6(8(12)16)9(15)14-10-13-7(5-17-10)11(2,3)4/h5-6H,1-4H3,(H2,12,16)(H,13,14,15). The molecule has 3 N–H and O–H groups in total. The number of thiocarbonyl (C=S) groups is 1. The summed E-state index contributed by atoms with van der Waals surface area (Å²) in [6.45, 7) is 7.90. The van der Waals surface area contributed by atoms with E-state index >= 15 is 0 Å². The Labute approximate surface area is 111 Å². The largest absolute Gasteiger partial charge is 0.393 e. The maximum atomic E-state index is 11.7. The Morgan fingerprint density at radius 2 is 2.18 bits per heavy atom. The number of carbonyl (C=O) groups is 1. The lowest BCUT2D eigenvalue weighted by molar-refractivity contribution is -0.117. The number of carbonyl (C=O) groups excluding carboxylic acids is 1. The van der Waals surface area contributed by atoms with Crippen molar-refractivity contribution in [2.75, 3.05) is 5.32 Å². The Kier molecular flexibility index (Phi) is 4.21. The van der Waals surface area contributed by atoms with E-state index in [-0.39, 0.29) is 16.3 Å². The monoisotopic (exact) mass is 271 g/mol. The number of anilines is 1. The van der Waals surface area contributed by atoms with Gasteiger partial charge in [0.15, 0.2) is 5.13 Å². The van der Waals surface area contributed by atoms with Gasteiger partial charge in [0.25, 0.3) is 0 Å². The van der Waals surface area contributed by atoms with Crippen LogP contribution in [-0.4, -0.2) is 15.9 Å². The molecule has 1 amide bonds. The second-order valence-corrected chi connectivity index (χ2v) is 6.23. The van der Waals surface area contributed by atoms with Gasteiger partial charge in [0, 0.05) is 10.8 Å². The highest BCUT2D eigenvalue weighted by molar-refractivity contribution is 7.80. The van der Waals surface area contributed by atoms with Gasteiger partial charge in [0.05, 0.1) is 16.6 Å². The van der Waals surface area contributed by atoms with Crippen LogP contribution >= 0.6 is 23.6 Å². The highest BCUT2D eigenvalue weighted by atomic mass is 32.1. The van der Waals surface area contributed by atoms with Crippen molar-refractivity contribution in [1.82, 2.24) is 4.98 Å². The van der Waals surface area contributed by atoms with Crippen molar-refractivity contribution in [3.8, 4) is 0 Å². The molecule has 1 aromatic heterocycles. The Morgan fingerprint density at radius 1 is 1.59 bits per heavy atom. The van der Waals surface area contributed by atoms with Crippen LogP contribution in [-0.2, 0) is 10.2 Å². The van der Waals surface area contributed by atoms with Gasteiger partial charge < -0.3 is 11.1 Å². The van der Waals surface area contributed by atoms with E-state index < -0.39 is 5.92 Å². The molecule has 4 nitrogen and oxygen atoms in total. The van der Waals surface area contributed by atoms with Gasteiger partial charge in [0.1, 0.15) is 0 Å². The number of nitrogens with one attached hydrogen (secondary N) is 1. The molecule has 0 aliphatic carbocycles. The summed E-state index contributed by atoms with van der Waals surface area (Å²) in [4.78, 5) is 16.3. The van der Waals surface area contributed by atoms with Crippen molar-refractivity contribution >= 4 is 39.6 Å². The summed E-state index contributed by atoms with van der Waals surface area (Å²) in [5.74, 6) is -0.695. The minimum atomic E-state index is -0.480. The Balaban J connectivity index is 2.74. The normalized spacial score (nSPS) is 13.2. The zero-order valence-corrected chi connectivity index (χ0v) is 12.0. The van der Waals surface area contributed by atoms with E-state index in [1.807, 2.05) is 5.38 Å². The lowest BCUT2D eigenvalue weighted by Crippen LogP contribution is -2.30. The molecule has 94 valence electrons. The number of aromatic nitrogens is 1. The maximum absolute atomic E-state index is 11.7. The molecule has 0 aliphatic heterocycles. The van der Waals surface area contributed by atoms with E-state index in [9.17, 15) is 4.79 Å². The molecule has 0 aliphatic rings. The molecule has 0 aromatic carbocycles. The van der Waals surface area contributed by atoms with E-state index in [1.54, 1.807) is 6.92 Å². The molecule has 1 aromatic rings. The first-order valence-corrected chi connectivity index (χ1v) is 6.57. The first-order valence-electron chi connectivity index (χ1n) is 5.28. The molecule has 0 fully saturated rings. The molecular formula is C11H17N3OS2. The highest BCUT2D eigenvalue weighted by Crippen LogP contribution is 2.26. The van der Waals surface area contributed by atoms with Crippen LogP contribution in [0.15, 0.2) is 5.38 Å². The van der Waals surface area contributed by atoms with Gasteiger partial charge in [-0.15, -0.1) is 11.3 Å². The molecule has 1 rings (SSSR count). The van der Waals surface area contributed by atoms with Crippen LogP contribution in [0, 0.1) is 5.92 Å². The fraction of sp³-hybridized carbons (Fsp3) is 0.545. The minimum absolute atomic E-state index is 0.0196. The molecule has 0 spiro atoms. The fourth-order valence-electron chi connectivity index (χ4n) is 1.02. The molecule has 0 bridgehead atoms. The highest BCUT2D eigenvalue weighted by Gasteiger charge is 2.20. The molecule has 17 heavy (non-hydrogen) atoms. The third-order valence-corrected chi connectivity index (χ3v) is 3.43.